The third-order valence-electron chi connectivity index (χ3n) is 6.02. The molecular weight excluding hydrogens is 425 g/mol. The number of thioether (sulfide) groups is 1. The van der Waals surface area contributed by atoms with Gasteiger partial charge in [0.2, 0.25) is 5.91 Å². The first kappa shape index (κ1) is 20.9. The molecule has 154 valence electrons. The number of phenolic OH excluding ortho intramolecular Hbond substituents is 1. The molecule has 0 spiro atoms. The fraction of sp³-hybridized carbons (Fsp3) is 0.435. The summed E-state index contributed by atoms with van der Waals surface area (Å²) in [6.45, 7) is 4.10. The van der Waals surface area contributed by atoms with Crippen molar-refractivity contribution in [3.05, 3.63) is 57.1 Å². The number of amides is 1. The standard InChI is InChI=1S/C23H25Cl2NO2S/c1-13(2)17-5-14(3-4-21(17)27)6-18-19(24)7-16(8-20(18)25)29-12-22(28)26-23-9-15(10-23)11-23/h3-5,7-8,13,15,27H,6,9-12H2,1-2H3,(H,26,28). The van der Waals surface area contributed by atoms with Gasteiger partial charge in [0.25, 0.3) is 0 Å². The van der Waals surface area contributed by atoms with Crippen molar-refractivity contribution in [3.8, 4) is 5.75 Å². The van der Waals surface area contributed by atoms with E-state index in [0.717, 1.165) is 46.8 Å². The molecule has 0 aromatic heterocycles. The number of carbonyl (C=O) groups excluding carboxylic acids is 1. The van der Waals surface area contributed by atoms with E-state index in [-0.39, 0.29) is 17.4 Å². The van der Waals surface area contributed by atoms with Crippen LogP contribution in [-0.2, 0) is 11.2 Å². The smallest absolute Gasteiger partial charge is 0.230 e. The second kappa shape index (κ2) is 8.05. The Labute approximate surface area is 186 Å². The van der Waals surface area contributed by atoms with Gasteiger partial charge in [-0.3, -0.25) is 4.79 Å². The van der Waals surface area contributed by atoms with Gasteiger partial charge in [-0.15, -0.1) is 11.8 Å². The van der Waals surface area contributed by atoms with Gasteiger partial charge in [0.15, 0.2) is 0 Å². The number of nitrogens with one attached hydrogen (secondary N) is 1. The van der Waals surface area contributed by atoms with E-state index in [4.69, 9.17) is 23.2 Å². The van der Waals surface area contributed by atoms with E-state index in [9.17, 15) is 9.90 Å². The molecule has 3 nitrogen and oxygen atoms in total. The summed E-state index contributed by atoms with van der Waals surface area (Å²) in [5, 5.41) is 14.4. The van der Waals surface area contributed by atoms with Gasteiger partial charge in [-0.1, -0.05) is 49.2 Å². The Morgan fingerprint density at radius 1 is 1.21 bits per heavy atom. The van der Waals surface area contributed by atoms with Crippen molar-refractivity contribution in [2.75, 3.05) is 5.75 Å². The quantitative estimate of drug-likeness (QED) is 0.496. The lowest BCUT2D eigenvalue weighted by atomic mass is 9.50. The SMILES string of the molecule is CC(C)c1cc(Cc2c(Cl)cc(SCC(=O)NC34CC(C3)C4)cc2Cl)ccc1O. The van der Waals surface area contributed by atoms with Crippen LogP contribution in [0.25, 0.3) is 0 Å². The number of hydrogen-bond donors (Lipinski definition) is 2. The Kier molecular flexibility index (Phi) is 5.80. The average molecular weight is 450 g/mol. The maximum absolute atomic E-state index is 12.2. The van der Waals surface area contributed by atoms with E-state index >= 15 is 0 Å². The summed E-state index contributed by atoms with van der Waals surface area (Å²) in [7, 11) is 0. The van der Waals surface area contributed by atoms with Gasteiger partial charge < -0.3 is 10.4 Å². The molecule has 0 aliphatic heterocycles. The summed E-state index contributed by atoms with van der Waals surface area (Å²) >= 11 is 14.5. The van der Waals surface area contributed by atoms with Crippen molar-refractivity contribution in [2.24, 2.45) is 5.92 Å². The number of rotatable bonds is 7. The Balaban J connectivity index is 1.41. The van der Waals surface area contributed by atoms with Gasteiger partial charge in [0, 0.05) is 26.9 Å². The molecule has 1 amide bonds. The van der Waals surface area contributed by atoms with Crippen molar-refractivity contribution in [1.82, 2.24) is 5.32 Å². The lowest BCUT2D eigenvalue weighted by Gasteiger charge is -2.61. The maximum Gasteiger partial charge on any atom is 0.230 e. The van der Waals surface area contributed by atoms with Crippen LogP contribution in [0, 0.1) is 5.92 Å². The molecule has 3 aliphatic carbocycles. The summed E-state index contributed by atoms with van der Waals surface area (Å²) in [6, 6.07) is 9.38. The van der Waals surface area contributed by atoms with Crippen molar-refractivity contribution < 1.29 is 9.90 Å². The van der Waals surface area contributed by atoms with Gasteiger partial charge in [-0.2, -0.15) is 0 Å². The van der Waals surface area contributed by atoms with Crippen LogP contribution in [0.1, 0.15) is 55.7 Å². The molecule has 2 aromatic rings. The summed E-state index contributed by atoms with van der Waals surface area (Å²) in [4.78, 5) is 13.1. The highest BCUT2D eigenvalue weighted by molar-refractivity contribution is 8.00. The van der Waals surface area contributed by atoms with Gasteiger partial charge in [0.1, 0.15) is 5.75 Å². The third-order valence-corrected chi connectivity index (χ3v) is 7.67. The first-order chi connectivity index (χ1) is 13.7. The molecule has 6 heteroatoms. The molecule has 3 aliphatic rings. The first-order valence-electron chi connectivity index (χ1n) is 9.98. The van der Waals surface area contributed by atoms with E-state index in [2.05, 4.69) is 19.2 Å². The fourth-order valence-corrected chi connectivity index (χ4v) is 5.85. The summed E-state index contributed by atoms with van der Waals surface area (Å²) in [5.74, 6) is 1.84. The molecule has 2 N–H and O–H groups in total. The molecule has 0 radical (unpaired) electrons. The number of aromatic hydroxyl groups is 1. The van der Waals surface area contributed by atoms with Gasteiger partial charge >= 0.3 is 0 Å². The zero-order chi connectivity index (χ0) is 20.8. The topological polar surface area (TPSA) is 49.3 Å². The monoisotopic (exact) mass is 449 g/mol. The van der Waals surface area contributed by atoms with Crippen LogP contribution < -0.4 is 5.32 Å². The second-order valence-corrected chi connectivity index (χ2v) is 10.5. The summed E-state index contributed by atoms with van der Waals surface area (Å²) in [6.07, 6.45) is 4.02. The minimum atomic E-state index is 0.0785. The highest BCUT2D eigenvalue weighted by Gasteiger charge is 2.57. The Bertz CT molecular complexity index is 920. The molecule has 5 rings (SSSR count). The zero-order valence-corrected chi connectivity index (χ0v) is 18.9. The Hall–Kier alpha value is -1.36. The van der Waals surface area contributed by atoms with Gasteiger partial charge in [-0.05, 0) is 66.0 Å². The molecule has 0 saturated heterocycles. The predicted octanol–water partition coefficient (Wildman–Crippen LogP) is 6.17. The van der Waals surface area contributed by atoms with Crippen molar-refractivity contribution in [3.63, 3.8) is 0 Å². The average Bonchev–Trinajstić information content (AvgIpc) is 2.59. The lowest BCUT2D eigenvalue weighted by molar-refractivity contribution is -0.130. The molecule has 0 atom stereocenters. The van der Waals surface area contributed by atoms with Crippen molar-refractivity contribution >= 4 is 40.9 Å². The van der Waals surface area contributed by atoms with Crippen molar-refractivity contribution in [1.29, 1.82) is 0 Å². The lowest BCUT2D eigenvalue weighted by Crippen LogP contribution is -2.68. The van der Waals surface area contributed by atoms with Crippen LogP contribution in [0.5, 0.6) is 5.75 Å². The summed E-state index contributed by atoms with van der Waals surface area (Å²) < 4.78 is 0. The number of hydrogen-bond acceptors (Lipinski definition) is 3. The number of carbonyl (C=O) groups is 1. The Morgan fingerprint density at radius 2 is 1.86 bits per heavy atom. The molecule has 3 saturated carbocycles. The minimum Gasteiger partial charge on any atom is -0.508 e. The molecule has 2 bridgehead atoms. The van der Waals surface area contributed by atoms with Gasteiger partial charge in [0.05, 0.1) is 5.75 Å². The molecule has 2 aromatic carbocycles. The first-order valence-corrected chi connectivity index (χ1v) is 11.7. The fourth-order valence-electron chi connectivity index (χ4n) is 4.32. The van der Waals surface area contributed by atoms with Crippen LogP contribution >= 0.6 is 35.0 Å². The van der Waals surface area contributed by atoms with Crippen LogP contribution in [0.4, 0.5) is 0 Å². The second-order valence-electron chi connectivity index (χ2n) is 8.69. The largest absolute Gasteiger partial charge is 0.508 e. The molecule has 0 unspecified atom stereocenters. The van der Waals surface area contributed by atoms with E-state index in [1.807, 2.05) is 24.3 Å². The van der Waals surface area contributed by atoms with Crippen LogP contribution in [0.2, 0.25) is 10.0 Å². The van der Waals surface area contributed by atoms with Crippen LogP contribution in [-0.4, -0.2) is 22.3 Å². The number of phenols is 1. The number of halogens is 2. The maximum atomic E-state index is 12.2. The highest BCUT2D eigenvalue weighted by Crippen LogP contribution is 2.56. The third kappa shape index (κ3) is 4.40. The predicted molar refractivity (Wildman–Crippen MR) is 120 cm³/mol. The van der Waals surface area contributed by atoms with E-state index in [1.165, 1.54) is 11.8 Å². The van der Waals surface area contributed by atoms with Crippen LogP contribution in [0.15, 0.2) is 35.2 Å². The van der Waals surface area contributed by atoms with Crippen LogP contribution in [0.3, 0.4) is 0 Å². The van der Waals surface area contributed by atoms with E-state index in [0.29, 0.717) is 28.0 Å². The summed E-state index contributed by atoms with van der Waals surface area (Å²) in [5.41, 5.74) is 2.93. The van der Waals surface area contributed by atoms with Gasteiger partial charge in [-0.25, -0.2) is 0 Å². The van der Waals surface area contributed by atoms with E-state index in [1.54, 1.807) is 6.07 Å². The minimum absolute atomic E-state index is 0.0785. The Morgan fingerprint density at radius 3 is 2.41 bits per heavy atom. The molecule has 3 fully saturated rings. The molecule has 29 heavy (non-hydrogen) atoms. The van der Waals surface area contributed by atoms with E-state index < -0.39 is 0 Å². The zero-order valence-electron chi connectivity index (χ0n) is 16.6. The highest BCUT2D eigenvalue weighted by atomic mass is 35.5. The molecular formula is C23H25Cl2NO2S. The number of benzene rings is 2. The normalized spacial score (nSPS) is 22.2. The van der Waals surface area contributed by atoms with Crippen molar-refractivity contribution in [2.45, 2.75) is 55.9 Å². The molecule has 0 heterocycles.